The molecule has 1 aromatic heterocycles. The summed E-state index contributed by atoms with van der Waals surface area (Å²) in [6.07, 6.45) is 10.0. The number of nitrogens with zero attached hydrogens (tertiary/aromatic N) is 2. The number of rotatable bonds is 3. The predicted octanol–water partition coefficient (Wildman–Crippen LogP) is 4.35. The van der Waals surface area contributed by atoms with Crippen LogP contribution in [0.1, 0.15) is 64.4 Å². The molecule has 3 fully saturated rings. The highest BCUT2D eigenvalue weighted by atomic mass is 19.1. The number of carbonyl (C=O) groups excluding carboxylic acids is 1. The van der Waals surface area contributed by atoms with Gasteiger partial charge in [-0.15, -0.1) is 0 Å². The van der Waals surface area contributed by atoms with Gasteiger partial charge in [0.1, 0.15) is 11.6 Å². The standard InChI is InChI=1S/C27H34FN3O2/c1-26-12-11-22-20(21(26)9-3-17(26)13-24(32)33)8-10-23-27(22,2)14-16-15-29-31(25(16)30-23)19-6-4-18(28)5-7-19/h4-7,15,17,20-23,30H,3,8-14H2,1-2H3,(H,32,33)/p-1/t17-,20+,21+,22+,23-,26-,27-/m1/s1. The highest BCUT2D eigenvalue weighted by molar-refractivity contribution is 5.64. The number of carbonyl (C=O) groups is 1. The number of hydrogen-bond acceptors (Lipinski definition) is 4. The highest BCUT2D eigenvalue weighted by Gasteiger charge is 2.60. The topological polar surface area (TPSA) is 70.0 Å². The summed E-state index contributed by atoms with van der Waals surface area (Å²) in [4.78, 5) is 11.4. The second kappa shape index (κ2) is 7.31. The van der Waals surface area contributed by atoms with E-state index in [0.717, 1.165) is 43.6 Å². The first-order chi connectivity index (χ1) is 15.8. The van der Waals surface area contributed by atoms with Crippen LogP contribution in [0, 0.1) is 40.3 Å². The largest absolute Gasteiger partial charge is 0.550 e. The highest BCUT2D eigenvalue weighted by Crippen LogP contribution is 2.66. The smallest absolute Gasteiger partial charge is 0.133 e. The summed E-state index contributed by atoms with van der Waals surface area (Å²) < 4.78 is 15.3. The molecule has 6 heteroatoms. The average molecular weight is 451 g/mol. The van der Waals surface area contributed by atoms with Crippen molar-refractivity contribution in [1.82, 2.24) is 9.78 Å². The van der Waals surface area contributed by atoms with Gasteiger partial charge in [0.2, 0.25) is 0 Å². The first kappa shape index (κ1) is 21.2. The van der Waals surface area contributed by atoms with Crippen molar-refractivity contribution in [3.05, 3.63) is 41.8 Å². The number of anilines is 1. The number of halogens is 1. The molecule has 6 rings (SSSR count). The quantitative estimate of drug-likeness (QED) is 0.755. The van der Waals surface area contributed by atoms with E-state index in [4.69, 9.17) is 0 Å². The number of aromatic nitrogens is 2. The molecule has 0 saturated heterocycles. The third-order valence-electron chi connectivity index (χ3n) is 10.3. The summed E-state index contributed by atoms with van der Waals surface area (Å²) in [5.74, 6) is 2.14. The van der Waals surface area contributed by atoms with Crippen LogP contribution in [0.2, 0.25) is 0 Å². The lowest BCUT2D eigenvalue weighted by Gasteiger charge is -2.60. The Morgan fingerprint density at radius 3 is 2.64 bits per heavy atom. The number of benzene rings is 1. The van der Waals surface area contributed by atoms with Crippen molar-refractivity contribution in [3.63, 3.8) is 0 Å². The average Bonchev–Trinajstić information content (AvgIpc) is 3.32. The van der Waals surface area contributed by atoms with Crippen molar-refractivity contribution >= 4 is 11.8 Å². The summed E-state index contributed by atoms with van der Waals surface area (Å²) in [5.41, 5.74) is 2.43. The van der Waals surface area contributed by atoms with Gasteiger partial charge in [0.15, 0.2) is 0 Å². The van der Waals surface area contributed by atoms with Crippen molar-refractivity contribution in [3.8, 4) is 5.69 Å². The van der Waals surface area contributed by atoms with Crippen molar-refractivity contribution in [2.45, 2.75) is 71.3 Å². The first-order valence-corrected chi connectivity index (χ1v) is 12.6. The van der Waals surface area contributed by atoms with Gasteiger partial charge in [0.25, 0.3) is 0 Å². The lowest BCUT2D eigenvalue weighted by molar-refractivity contribution is -0.307. The fourth-order valence-electron chi connectivity index (χ4n) is 8.61. The Balaban J connectivity index is 1.29. The molecule has 1 aromatic carbocycles. The Kier molecular flexibility index (Phi) is 4.69. The molecule has 176 valence electrons. The van der Waals surface area contributed by atoms with Crippen molar-refractivity contribution in [2.75, 3.05) is 5.32 Å². The van der Waals surface area contributed by atoms with E-state index in [1.165, 1.54) is 30.5 Å². The molecule has 0 spiro atoms. The molecule has 2 heterocycles. The molecule has 33 heavy (non-hydrogen) atoms. The minimum absolute atomic E-state index is 0.144. The fourth-order valence-corrected chi connectivity index (χ4v) is 8.61. The number of aliphatic carboxylic acids is 1. The maximum absolute atomic E-state index is 13.4. The summed E-state index contributed by atoms with van der Waals surface area (Å²) in [7, 11) is 0. The van der Waals surface area contributed by atoms with E-state index in [1.54, 1.807) is 12.1 Å². The van der Waals surface area contributed by atoms with Crippen molar-refractivity contribution < 1.29 is 14.3 Å². The van der Waals surface area contributed by atoms with E-state index in [-0.39, 0.29) is 29.0 Å². The van der Waals surface area contributed by atoms with Gasteiger partial charge in [-0.3, -0.25) is 0 Å². The van der Waals surface area contributed by atoms with E-state index in [9.17, 15) is 14.3 Å². The molecule has 0 bridgehead atoms. The second-order valence-corrected chi connectivity index (χ2v) is 11.6. The number of fused-ring (bicyclic) bond motifs is 6. The minimum Gasteiger partial charge on any atom is -0.550 e. The van der Waals surface area contributed by atoms with E-state index in [0.29, 0.717) is 23.8 Å². The minimum atomic E-state index is -0.887. The SMILES string of the molecule is C[C@]12Cc3cnn(-c4ccc(F)cc4)c3N[C@@H]1CC[C@@H]1[C@@H]2CC[C@]2(C)[C@@H](CC(=O)[O-])CC[C@@H]12. The molecule has 2 aromatic rings. The number of carboxylic acids is 1. The Morgan fingerprint density at radius 1 is 1.12 bits per heavy atom. The third-order valence-corrected chi connectivity index (χ3v) is 10.3. The summed E-state index contributed by atoms with van der Waals surface area (Å²) in [5, 5.41) is 19.9. The van der Waals surface area contributed by atoms with Crippen LogP contribution in [-0.4, -0.2) is 21.8 Å². The van der Waals surface area contributed by atoms with Gasteiger partial charge in [0.05, 0.1) is 11.9 Å². The Morgan fingerprint density at radius 2 is 1.88 bits per heavy atom. The zero-order valence-electron chi connectivity index (χ0n) is 19.5. The lowest BCUT2D eigenvalue weighted by Crippen LogP contribution is -2.58. The molecule has 0 amide bonds. The number of hydrogen-bond donors (Lipinski definition) is 1. The summed E-state index contributed by atoms with van der Waals surface area (Å²) >= 11 is 0. The molecule has 7 atom stereocenters. The maximum atomic E-state index is 13.4. The van der Waals surface area contributed by atoms with Crippen molar-refractivity contribution in [2.24, 2.45) is 34.5 Å². The van der Waals surface area contributed by atoms with Crippen LogP contribution in [-0.2, 0) is 11.2 Å². The third kappa shape index (κ3) is 3.08. The van der Waals surface area contributed by atoms with Crippen LogP contribution in [0.25, 0.3) is 5.69 Å². The Hall–Kier alpha value is -2.37. The molecule has 5 nitrogen and oxygen atoms in total. The van der Waals surface area contributed by atoms with E-state index < -0.39 is 5.97 Å². The maximum Gasteiger partial charge on any atom is 0.133 e. The molecular weight excluding hydrogens is 417 g/mol. The number of carboxylic acid groups (broad SMARTS) is 1. The molecular formula is C27H33FN3O2-. The van der Waals surface area contributed by atoms with Crippen LogP contribution >= 0.6 is 0 Å². The molecule has 0 unspecified atom stereocenters. The van der Waals surface area contributed by atoms with Gasteiger partial charge < -0.3 is 15.2 Å². The summed E-state index contributed by atoms with van der Waals surface area (Å²) in [6, 6.07) is 6.92. The monoisotopic (exact) mass is 450 g/mol. The van der Waals surface area contributed by atoms with Gasteiger partial charge in [-0.05, 0) is 110 Å². The fraction of sp³-hybridized carbons (Fsp3) is 0.630. The molecule has 4 aliphatic rings. The van der Waals surface area contributed by atoms with Crippen LogP contribution in [0.5, 0.6) is 0 Å². The molecule has 1 N–H and O–H groups in total. The zero-order valence-corrected chi connectivity index (χ0v) is 19.5. The molecule has 1 aliphatic heterocycles. The van der Waals surface area contributed by atoms with Crippen molar-refractivity contribution in [1.29, 1.82) is 0 Å². The molecule has 3 saturated carbocycles. The van der Waals surface area contributed by atoms with Crippen LogP contribution in [0.3, 0.4) is 0 Å². The summed E-state index contributed by atoms with van der Waals surface area (Å²) in [6.45, 7) is 4.84. The van der Waals surface area contributed by atoms with Crippen LogP contribution < -0.4 is 10.4 Å². The van der Waals surface area contributed by atoms with E-state index in [1.807, 2.05) is 10.9 Å². The second-order valence-electron chi connectivity index (χ2n) is 11.6. The van der Waals surface area contributed by atoms with Crippen LogP contribution in [0.4, 0.5) is 10.2 Å². The predicted molar refractivity (Wildman–Crippen MR) is 122 cm³/mol. The number of nitrogens with one attached hydrogen (secondary N) is 1. The van der Waals surface area contributed by atoms with Gasteiger partial charge >= 0.3 is 0 Å². The van der Waals surface area contributed by atoms with Gasteiger partial charge in [0, 0.05) is 17.6 Å². The van der Waals surface area contributed by atoms with E-state index in [2.05, 4.69) is 24.3 Å². The van der Waals surface area contributed by atoms with Gasteiger partial charge in [-0.2, -0.15) is 5.10 Å². The van der Waals surface area contributed by atoms with Gasteiger partial charge in [-0.1, -0.05) is 13.8 Å². The van der Waals surface area contributed by atoms with Crippen LogP contribution in [0.15, 0.2) is 30.5 Å². The lowest BCUT2D eigenvalue weighted by atomic mass is 9.47. The normalized spacial score (nSPS) is 39.1. The molecule has 3 aliphatic carbocycles. The first-order valence-electron chi connectivity index (χ1n) is 12.6. The van der Waals surface area contributed by atoms with E-state index >= 15 is 0 Å². The Bertz CT molecular complexity index is 1080. The zero-order chi connectivity index (χ0) is 23.0. The Labute approximate surface area is 194 Å². The van der Waals surface area contributed by atoms with Gasteiger partial charge in [-0.25, -0.2) is 9.07 Å². The molecule has 0 radical (unpaired) electrons.